The first-order valence-electron chi connectivity index (χ1n) is 6.69. The molecule has 0 amide bonds. The molecule has 3 rings (SSSR count). The van der Waals surface area contributed by atoms with Crippen LogP contribution in [0.3, 0.4) is 0 Å². The summed E-state index contributed by atoms with van der Waals surface area (Å²) in [5.41, 5.74) is 3.42. The number of halogens is 1. The normalized spacial score (nSPS) is 10.8. The van der Waals surface area contributed by atoms with Gasteiger partial charge in [0.2, 0.25) is 11.8 Å². The van der Waals surface area contributed by atoms with Gasteiger partial charge >= 0.3 is 0 Å². The topological polar surface area (TPSA) is 38.9 Å². The van der Waals surface area contributed by atoms with Gasteiger partial charge in [0.05, 0.1) is 0 Å². The molecule has 1 radical (unpaired) electrons. The van der Waals surface area contributed by atoms with E-state index in [0.717, 1.165) is 21.7 Å². The summed E-state index contributed by atoms with van der Waals surface area (Å²) in [5, 5.41) is 8.56. The van der Waals surface area contributed by atoms with Crippen LogP contribution in [0.1, 0.15) is 17.3 Å². The zero-order valence-electron chi connectivity index (χ0n) is 11.6. The first-order valence-corrected chi connectivity index (χ1v) is 7.07. The van der Waals surface area contributed by atoms with E-state index in [-0.39, 0.29) is 0 Å². The third kappa shape index (κ3) is 3.50. The van der Waals surface area contributed by atoms with Crippen LogP contribution in [0.15, 0.2) is 52.9 Å². The van der Waals surface area contributed by atoms with Crippen molar-refractivity contribution in [1.82, 2.24) is 10.2 Å². The molecule has 1 aromatic heterocycles. The van der Waals surface area contributed by atoms with E-state index in [2.05, 4.69) is 34.8 Å². The van der Waals surface area contributed by atoms with Crippen LogP contribution in [0.2, 0.25) is 5.02 Å². The molecule has 4 heteroatoms. The molecule has 0 spiro atoms. The lowest BCUT2D eigenvalue weighted by molar-refractivity contribution is 0.476. The molecule has 0 atom stereocenters. The molecule has 21 heavy (non-hydrogen) atoms. The standard InChI is InChI=1S/C17H14ClN2O/c1-12-19-20-17(21-12)10-5-13-3-2-4-15(11-13)14-6-8-16(18)9-7-14/h2-9,11H,10H2,1H3. The second-order valence-electron chi connectivity index (χ2n) is 4.76. The minimum atomic E-state index is 0.591. The smallest absolute Gasteiger partial charge is 0.217 e. The van der Waals surface area contributed by atoms with Crippen molar-refractivity contribution in [2.75, 3.05) is 0 Å². The molecule has 105 valence electrons. The molecular formula is C17H14ClN2O. The Labute approximate surface area is 128 Å². The molecule has 0 bridgehead atoms. The maximum absolute atomic E-state index is 5.92. The Bertz CT molecular complexity index is 735. The molecule has 2 aromatic carbocycles. The second-order valence-corrected chi connectivity index (χ2v) is 5.19. The molecule has 0 aliphatic rings. The van der Waals surface area contributed by atoms with E-state index < -0.39 is 0 Å². The fourth-order valence-corrected chi connectivity index (χ4v) is 2.24. The maximum Gasteiger partial charge on any atom is 0.217 e. The maximum atomic E-state index is 5.92. The molecule has 0 saturated heterocycles. The summed E-state index contributed by atoms with van der Waals surface area (Å²) >= 11 is 5.92. The minimum absolute atomic E-state index is 0.591. The number of hydrogen-bond acceptors (Lipinski definition) is 3. The molecule has 0 unspecified atom stereocenters. The number of aryl methyl sites for hydroxylation is 1. The first-order chi connectivity index (χ1) is 10.2. The van der Waals surface area contributed by atoms with Crippen LogP contribution in [-0.2, 0) is 6.42 Å². The largest absolute Gasteiger partial charge is 0.426 e. The summed E-state index contributed by atoms with van der Waals surface area (Å²) in [6.45, 7) is 1.79. The lowest BCUT2D eigenvalue weighted by atomic mass is 10.0. The third-order valence-electron chi connectivity index (χ3n) is 3.14. The molecule has 1 heterocycles. The predicted octanol–water partition coefficient (Wildman–Crippen LogP) is 4.49. The van der Waals surface area contributed by atoms with E-state index in [1.165, 1.54) is 0 Å². The number of benzene rings is 2. The number of rotatable bonds is 4. The second kappa shape index (κ2) is 6.10. The van der Waals surface area contributed by atoms with Gasteiger partial charge in [0, 0.05) is 18.4 Å². The molecule has 3 nitrogen and oxygen atoms in total. The van der Waals surface area contributed by atoms with Crippen LogP contribution < -0.4 is 0 Å². The Hall–Kier alpha value is -2.13. The van der Waals surface area contributed by atoms with Crippen molar-refractivity contribution >= 4 is 11.6 Å². The SMILES string of the molecule is Cc1nnc(C[CH]c2cccc(-c3ccc(Cl)cc3)c2)o1. The third-order valence-corrected chi connectivity index (χ3v) is 3.40. The van der Waals surface area contributed by atoms with E-state index >= 15 is 0 Å². The highest BCUT2D eigenvalue weighted by Crippen LogP contribution is 2.23. The summed E-state index contributed by atoms with van der Waals surface area (Å²) in [5.74, 6) is 1.22. The highest BCUT2D eigenvalue weighted by atomic mass is 35.5. The van der Waals surface area contributed by atoms with Crippen molar-refractivity contribution in [1.29, 1.82) is 0 Å². The van der Waals surface area contributed by atoms with Crippen molar-refractivity contribution in [3.05, 3.63) is 77.3 Å². The average Bonchev–Trinajstić information content (AvgIpc) is 2.92. The monoisotopic (exact) mass is 297 g/mol. The summed E-state index contributed by atoms with van der Waals surface area (Å²) in [7, 11) is 0. The van der Waals surface area contributed by atoms with Crippen molar-refractivity contribution in [3.63, 3.8) is 0 Å². The van der Waals surface area contributed by atoms with E-state index in [9.17, 15) is 0 Å². The number of nitrogens with zero attached hydrogens (tertiary/aromatic N) is 2. The van der Waals surface area contributed by atoms with Crippen LogP contribution >= 0.6 is 11.6 Å². The molecule has 0 fully saturated rings. The minimum Gasteiger partial charge on any atom is -0.426 e. The Morgan fingerprint density at radius 3 is 2.57 bits per heavy atom. The molecule has 0 saturated carbocycles. The van der Waals surface area contributed by atoms with Crippen LogP contribution in [0.25, 0.3) is 11.1 Å². The Balaban J connectivity index is 1.75. The van der Waals surface area contributed by atoms with Crippen LogP contribution in [0.5, 0.6) is 0 Å². The average molecular weight is 298 g/mol. The summed E-state index contributed by atoms with van der Waals surface area (Å²) in [6, 6.07) is 16.1. The molecular weight excluding hydrogens is 284 g/mol. The quantitative estimate of drug-likeness (QED) is 0.712. The first kappa shape index (κ1) is 13.8. The van der Waals surface area contributed by atoms with Gasteiger partial charge in [-0.1, -0.05) is 48.0 Å². The summed E-state index contributed by atoms with van der Waals surface area (Å²) in [4.78, 5) is 0. The van der Waals surface area contributed by atoms with E-state index in [0.29, 0.717) is 18.2 Å². The van der Waals surface area contributed by atoms with Crippen molar-refractivity contribution in [2.24, 2.45) is 0 Å². The molecule has 0 aliphatic heterocycles. The summed E-state index contributed by atoms with van der Waals surface area (Å²) in [6.07, 6.45) is 2.71. The van der Waals surface area contributed by atoms with E-state index in [4.69, 9.17) is 16.0 Å². The molecule has 0 N–H and O–H groups in total. The van der Waals surface area contributed by atoms with Crippen molar-refractivity contribution in [3.8, 4) is 11.1 Å². The zero-order valence-corrected chi connectivity index (χ0v) is 12.3. The lowest BCUT2D eigenvalue weighted by Crippen LogP contribution is -1.90. The molecule has 3 aromatic rings. The highest BCUT2D eigenvalue weighted by Gasteiger charge is 2.04. The van der Waals surface area contributed by atoms with Gasteiger partial charge in [-0.15, -0.1) is 10.2 Å². The number of aromatic nitrogens is 2. The Morgan fingerprint density at radius 2 is 1.86 bits per heavy atom. The van der Waals surface area contributed by atoms with Gasteiger partial charge in [0.15, 0.2) is 0 Å². The number of hydrogen-bond donors (Lipinski definition) is 0. The van der Waals surface area contributed by atoms with Crippen LogP contribution in [0, 0.1) is 13.3 Å². The van der Waals surface area contributed by atoms with Gasteiger partial charge in [-0.25, -0.2) is 0 Å². The predicted molar refractivity (Wildman–Crippen MR) is 83.0 cm³/mol. The van der Waals surface area contributed by atoms with Gasteiger partial charge in [0.1, 0.15) is 0 Å². The fraction of sp³-hybridized carbons (Fsp3) is 0.118. The highest BCUT2D eigenvalue weighted by molar-refractivity contribution is 6.30. The fourth-order valence-electron chi connectivity index (χ4n) is 2.11. The zero-order chi connectivity index (χ0) is 14.7. The van der Waals surface area contributed by atoms with Gasteiger partial charge < -0.3 is 4.42 Å². The van der Waals surface area contributed by atoms with Crippen molar-refractivity contribution in [2.45, 2.75) is 13.3 Å². The van der Waals surface area contributed by atoms with Gasteiger partial charge in [0.25, 0.3) is 0 Å². The Kier molecular flexibility index (Phi) is 4.02. The van der Waals surface area contributed by atoms with Crippen LogP contribution in [0.4, 0.5) is 0 Å². The lowest BCUT2D eigenvalue weighted by Gasteiger charge is -2.05. The van der Waals surface area contributed by atoms with Crippen LogP contribution in [-0.4, -0.2) is 10.2 Å². The summed E-state index contributed by atoms with van der Waals surface area (Å²) < 4.78 is 5.37. The van der Waals surface area contributed by atoms with Gasteiger partial charge in [-0.2, -0.15) is 0 Å². The molecule has 0 aliphatic carbocycles. The van der Waals surface area contributed by atoms with Gasteiger partial charge in [-0.3, -0.25) is 0 Å². The Morgan fingerprint density at radius 1 is 1.05 bits per heavy atom. The van der Waals surface area contributed by atoms with Gasteiger partial charge in [-0.05, 0) is 35.2 Å². The van der Waals surface area contributed by atoms with E-state index in [1.807, 2.05) is 30.3 Å². The van der Waals surface area contributed by atoms with Crippen molar-refractivity contribution < 1.29 is 4.42 Å². The van der Waals surface area contributed by atoms with E-state index in [1.54, 1.807) is 6.92 Å².